The fraction of sp³-hybridized carbons (Fsp3) is 0.217. The summed E-state index contributed by atoms with van der Waals surface area (Å²) in [6, 6.07) is 21.7. The van der Waals surface area contributed by atoms with E-state index in [1.165, 1.54) is 23.3 Å². The second-order valence-electron chi connectivity index (χ2n) is 7.24. The molecule has 3 aromatic carbocycles. The highest BCUT2D eigenvalue weighted by Gasteiger charge is 2.64. The molecule has 1 aliphatic rings. The smallest absolute Gasteiger partial charge is 0.277 e. The number of rotatable bonds is 4. The lowest BCUT2D eigenvalue weighted by atomic mass is 9.85. The number of hydrogen-bond acceptors (Lipinski definition) is 2. The molecular formula is C23H18Cl2F3NO. The van der Waals surface area contributed by atoms with Crippen molar-refractivity contribution in [2.24, 2.45) is 0 Å². The molecule has 0 bridgehead atoms. The Hall–Kier alpha value is -2.05. The predicted octanol–water partition coefficient (Wildman–Crippen LogP) is 7.33. The molecule has 0 radical (unpaired) electrons. The Morgan fingerprint density at radius 3 is 2.13 bits per heavy atom. The first-order valence-corrected chi connectivity index (χ1v) is 10.1. The topological polar surface area (TPSA) is 12.5 Å². The summed E-state index contributed by atoms with van der Waals surface area (Å²) in [6.07, 6.45) is -4.96. The minimum atomic E-state index is -4.66. The van der Waals surface area contributed by atoms with Crippen LogP contribution in [0.2, 0.25) is 10.0 Å². The summed E-state index contributed by atoms with van der Waals surface area (Å²) in [5.41, 5.74) is -0.998. The molecule has 4 rings (SSSR count). The SMILES string of the molecule is FC(F)(F)C1(c2ccc(Cl)c(Cl)c2)CC(c2ccccc2)N(Cc2ccccc2)O1. The van der Waals surface area contributed by atoms with Crippen LogP contribution >= 0.6 is 23.2 Å². The highest BCUT2D eigenvalue weighted by molar-refractivity contribution is 6.42. The van der Waals surface area contributed by atoms with Gasteiger partial charge in [-0.25, -0.2) is 0 Å². The summed E-state index contributed by atoms with van der Waals surface area (Å²) in [4.78, 5) is 5.77. The van der Waals surface area contributed by atoms with Crippen LogP contribution in [0, 0.1) is 0 Å². The third-order valence-electron chi connectivity index (χ3n) is 5.31. The quantitative estimate of drug-likeness (QED) is 0.411. The van der Waals surface area contributed by atoms with Crippen molar-refractivity contribution in [2.45, 2.75) is 30.8 Å². The first-order chi connectivity index (χ1) is 14.3. The van der Waals surface area contributed by atoms with Crippen LogP contribution in [0.4, 0.5) is 13.2 Å². The van der Waals surface area contributed by atoms with E-state index in [0.29, 0.717) is 0 Å². The van der Waals surface area contributed by atoms with E-state index in [2.05, 4.69) is 0 Å². The summed E-state index contributed by atoms with van der Waals surface area (Å²) >= 11 is 12.0. The second kappa shape index (κ2) is 8.23. The lowest BCUT2D eigenvalue weighted by Crippen LogP contribution is -2.43. The first-order valence-electron chi connectivity index (χ1n) is 9.37. The molecule has 0 saturated carbocycles. The maximum atomic E-state index is 14.5. The Morgan fingerprint density at radius 1 is 0.900 bits per heavy atom. The van der Waals surface area contributed by atoms with Gasteiger partial charge in [0.15, 0.2) is 0 Å². The molecule has 0 aromatic heterocycles. The Bertz CT molecular complexity index is 1010. The average Bonchev–Trinajstić information content (AvgIpc) is 3.12. The van der Waals surface area contributed by atoms with Crippen LogP contribution in [-0.2, 0) is 17.0 Å². The number of halogens is 5. The van der Waals surface area contributed by atoms with Gasteiger partial charge in [-0.05, 0) is 28.8 Å². The Balaban J connectivity index is 1.80. The third kappa shape index (κ3) is 3.95. The van der Waals surface area contributed by atoms with Crippen LogP contribution in [0.3, 0.4) is 0 Å². The summed E-state index contributed by atoms with van der Waals surface area (Å²) in [6.45, 7) is 0.208. The molecule has 3 aromatic rings. The third-order valence-corrected chi connectivity index (χ3v) is 6.05. The van der Waals surface area contributed by atoms with E-state index in [4.69, 9.17) is 28.0 Å². The van der Waals surface area contributed by atoms with Crippen LogP contribution in [0.15, 0.2) is 78.9 Å². The fourth-order valence-electron chi connectivity index (χ4n) is 3.79. The molecule has 30 heavy (non-hydrogen) atoms. The van der Waals surface area contributed by atoms with Crippen LogP contribution < -0.4 is 0 Å². The van der Waals surface area contributed by atoms with Crippen molar-refractivity contribution in [3.63, 3.8) is 0 Å². The van der Waals surface area contributed by atoms with Crippen molar-refractivity contribution in [2.75, 3.05) is 0 Å². The Morgan fingerprint density at radius 2 is 1.53 bits per heavy atom. The lowest BCUT2D eigenvalue weighted by Gasteiger charge is -2.31. The molecule has 0 amide bonds. The van der Waals surface area contributed by atoms with Crippen LogP contribution in [0.1, 0.15) is 29.2 Å². The Labute approximate surface area is 182 Å². The minimum absolute atomic E-state index is 0.0548. The molecule has 1 aliphatic heterocycles. The van der Waals surface area contributed by atoms with E-state index in [9.17, 15) is 13.2 Å². The summed E-state index contributed by atoms with van der Waals surface area (Å²) in [5, 5.41) is 1.66. The molecule has 0 aliphatic carbocycles. The molecule has 1 heterocycles. The molecule has 0 N–H and O–H groups in total. The van der Waals surface area contributed by atoms with Gasteiger partial charge in [0.05, 0.1) is 16.1 Å². The zero-order valence-corrected chi connectivity index (χ0v) is 17.3. The Kier molecular flexibility index (Phi) is 5.82. The van der Waals surface area contributed by atoms with Crippen molar-refractivity contribution in [3.05, 3.63) is 106 Å². The lowest BCUT2D eigenvalue weighted by molar-refractivity contribution is -0.330. The number of hydrogen-bond donors (Lipinski definition) is 0. The van der Waals surface area contributed by atoms with Crippen molar-refractivity contribution < 1.29 is 18.0 Å². The van der Waals surface area contributed by atoms with Gasteiger partial charge in [-0.2, -0.15) is 18.2 Å². The normalized spacial score (nSPS) is 22.4. The molecular weight excluding hydrogens is 434 g/mol. The zero-order valence-electron chi connectivity index (χ0n) is 15.7. The fourth-order valence-corrected chi connectivity index (χ4v) is 4.09. The van der Waals surface area contributed by atoms with E-state index in [-0.39, 0.29) is 28.6 Å². The number of nitrogens with zero attached hydrogens (tertiary/aromatic N) is 1. The van der Waals surface area contributed by atoms with Crippen molar-refractivity contribution in [3.8, 4) is 0 Å². The minimum Gasteiger partial charge on any atom is -0.277 e. The highest BCUT2D eigenvalue weighted by Crippen LogP contribution is 2.55. The molecule has 2 nitrogen and oxygen atoms in total. The second-order valence-corrected chi connectivity index (χ2v) is 8.05. The average molecular weight is 452 g/mol. The van der Waals surface area contributed by atoms with Gasteiger partial charge in [0.25, 0.3) is 0 Å². The molecule has 7 heteroatoms. The molecule has 156 valence electrons. The van der Waals surface area contributed by atoms with Gasteiger partial charge < -0.3 is 0 Å². The van der Waals surface area contributed by atoms with Gasteiger partial charge in [0, 0.05) is 13.0 Å². The van der Waals surface area contributed by atoms with E-state index >= 15 is 0 Å². The molecule has 1 saturated heterocycles. The van der Waals surface area contributed by atoms with E-state index in [0.717, 1.165) is 11.1 Å². The monoisotopic (exact) mass is 451 g/mol. The number of hydroxylamine groups is 2. The summed E-state index contributed by atoms with van der Waals surface area (Å²) < 4.78 is 43.5. The molecule has 2 unspecified atom stereocenters. The van der Waals surface area contributed by atoms with Gasteiger partial charge in [-0.3, -0.25) is 4.84 Å². The molecule has 1 fully saturated rings. The predicted molar refractivity (Wildman–Crippen MR) is 111 cm³/mol. The maximum absolute atomic E-state index is 14.5. The van der Waals surface area contributed by atoms with E-state index in [1.54, 1.807) is 0 Å². The maximum Gasteiger partial charge on any atom is 0.423 e. The summed E-state index contributed by atoms with van der Waals surface area (Å²) in [7, 11) is 0. The number of alkyl halides is 3. The first kappa shape index (κ1) is 21.2. The van der Waals surface area contributed by atoms with Gasteiger partial charge in [-0.15, -0.1) is 0 Å². The van der Waals surface area contributed by atoms with Gasteiger partial charge in [0.1, 0.15) is 0 Å². The van der Waals surface area contributed by atoms with Crippen LogP contribution in [0.25, 0.3) is 0 Å². The standard InChI is InChI=1S/C23H18Cl2F3NO/c24-19-12-11-18(13-20(19)25)22(23(26,27)28)14-21(17-9-5-2-6-10-17)29(30-22)15-16-7-3-1-4-8-16/h1-13,21H,14-15H2. The zero-order chi connectivity index (χ0) is 21.4. The van der Waals surface area contributed by atoms with Crippen molar-refractivity contribution in [1.82, 2.24) is 5.06 Å². The van der Waals surface area contributed by atoms with Crippen molar-refractivity contribution in [1.29, 1.82) is 0 Å². The summed E-state index contributed by atoms with van der Waals surface area (Å²) in [5.74, 6) is 0. The van der Waals surface area contributed by atoms with E-state index < -0.39 is 17.8 Å². The van der Waals surface area contributed by atoms with Crippen LogP contribution in [-0.4, -0.2) is 11.2 Å². The molecule has 2 atom stereocenters. The molecule has 0 spiro atoms. The van der Waals surface area contributed by atoms with Crippen molar-refractivity contribution >= 4 is 23.2 Å². The largest absolute Gasteiger partial charge is 0.423 e. The van der Waals surface area contributed by atoms with Gasteiger partial charge >= 0.3 is 6.18 Å². The van der Waals surface area contributed by atoms with Crippen LogP contribution in [0.5, 0.6) is 0 Å². The van der Waals surface area contributed by atoms with E-state index in [1.807, 2.05) is 60.7 Å². The van der Waals surface area contributed by atoms with Gasteiger partial charge in [-0.1, -0.05) is 89.9 Å². The highest BCUT2D eigenvalue weighted by atomic mass is 35.5. The number of benzene rings is 3. The van der Waals surface area contributed by atoms with Gasteiger partial charge in [0.2, 0.25) is 5.60 Å².